The average molecular weight is 526 g/mol. The van der Waals surface area contributed by atoms with Gasteiger partial charge in [0.25, 0.3) is 5.91 Å². The molecule has 0 radical (unpaired) electrons. The van der Waals surface area contributed by atoms with Gasteiger partial charge >= 0.3 is 6.18 Å². The summed E-state index contributed by atoms with van der Waals surface area (Å²) in [5.74, 6) is -0.374. The van der Waals surface area contributed by atoms with Crippen LogP contribution in [0.3, 0.4) is 0 Å². The quantitative estimate of drug-likeness (QED) is 0.304. The third-order valence-corrected chi connectivity index (χ3v) is 8.12. The van der Waals surface area contributed by atoms with Crippen LogP contribution in [-0.4, -0.2) is 65.6 Å². The SMILES string of the molecule is CCCN(CCC)CCCNC(=O)CN1C(=O)/C(=C/c2ccc(C(F)(F)F)cc2)SC2CCCCC21. The van der Waals surface area contributed by atoms with Crippen molar-refractivity contribution in [2.75, 3.05) is 32.7 Å². The standard InChI is InChI=1S/C27H38F3N3O2S/c1-3-15-32(16-4-2)17-7-14-31-25(34)19-33-22-8-5-6-9-23(22)36-24(26(33)35)18-20-10-12-21(13-11-20)27(28,29)30/h10-13,18,22-23H,3-9,14-17,19H2,1-2H3,(H,31,34)/b24-18-. The second kappa shape index (κ2) is 13.5. The Labute approximate surface area is 216 Å². The van der Waals surface area contributed by atoms with E-state index in [9.17, 15) is 22.8 Å². The zero-order chi connectivity index (χ0) is 26.1. The average Bonchev–Trinajstić information content (AvgIpc) is 2.84. The summed E-state index contributed by atoms with van der Waals surface area (Å²) < 4.78 is 38.7. The van der Waals surface area contributed by atoms with E-state index in [1.807, 2.05) is 0 Å². The largest absolute Gasteiger partial charge is 0.416 e. The van der Waals surface area contributed by atoms with Gasteiger partial charge in [-0.3, -0.25) is 9.59 Å². The summed E-state index contributed by atoms with van der Waals surface area (Å²) in [7, 11) is 0. The molecule has 1 heterocycles. The number of hydrogen-bond acceptors (Lipinski definition) is 4. The Morgan fingerprint density at radius 3 is 2.42 bits per heavy atom. The molecule has 2 fully saturated rings. The highest BCUT2D eigenvalue weighted by Gasteiger charge is 2.41. The molecule has 1 saturated carbocycles. The molecule has 9 heteroatoms. The highest BCUT2D eigenvalue weighted by atomic mass is 32.2. The maximum atomic E-state index is 13.4. The molecule has 1 aliphatic heterocycles. The molecule has 1 N–H and O–H groups in total. The summed E-state index contributed by atoms with van der Waals surface area (Å²) in [6.07, 6.45) is 4.24. The monoisotopic (exact) mass is 525 g/mol. The number of nitrogens with one attached hydrogen (secondary N) is 1. The lowest BCUT2D eigenvalue weighted by atomic mass is 9.93. The molecule has 2 unspecified atom stereocenters. The third-order valence-electron chi connectivity index (χ3n) is 6.72. The minimum atomic E-state index is -4.40. The van der Waals surface area contributed by atoms with Gasteiger partial charge in [-0.05, 0) is 75.5 Å². The Kier molecular flexibility index (Phi) is 10.7. The Hall–Kier alpha value is -2.00. The van der Waals surface area contributed by atoms with Crippen LogP contribution < -0.4 is 5.32 Å². The Bertz CT molecular complexity index is 899. The van der Waals surface area contributed by atoms with Crippen molar-refractivity contribution < 1.29 is 22.8 Å². The summed E-state index contributed by atoms with van der Waals surface area (Å²) in [4.78, 5) is 30.7. The van der Waals surface area contributed by atoms with Crippen molar-refractivity contribution >= 4 is 29.7 Å². The first-order valence-electron chi connectivity index (χ1n) is 13.1. The summed E-state index contributed by atoms with van der Waals surface area (Å²) in [5.41, 5.74) is -0.174. The summed E-state index contributed by atoms with van der Waals surface area (Å²) in [5, 5.41) is 3.17. The molecule has 200 valence electrons. The van der Waals surface area contributed by atoms with Gasteiger partial charge in [-0.2, -0.15) is 13.2 Å². The van der Waals surface area contributed by atoms with Crippen LogP contribution in [0.4, 0.5) is 13.2 Å². The number of carbonyl (C=O) groups is 2. The first-order chi connectivity index (χ1) is 17.2. The maximum Gasteiger partial charge on any atom is 0.416 e. The number of carbonyl (C=O) groups excluding carboxylic acids is 2. The Balaban J connectivity index is 1.63. The molecule has 2 aliphatic rings. The lowest BCUT2D eigenvalue weighted by Crippen LogP contribution is -2.54. The van der Waals surface area contributed by atoms with Crippen LogP contribution in [0.25, 0.3) is 6.08 Å². The number of alkyl halides is 3. The van der Waals surface area contributed by atoms with E-state index < -0.39 is 11.7 Å². The van der Waals surface area contributed by atoms with Crippen LogP contribution in [0.2, 0.25) is 0 Å². The molecule has 5 nitrogen and oxygen atoms in total. The molecule has 0 bridgehead atoms. The van der Waals surface area contributed by atoms with Gasteiger partial charge in [0.2, 0.25) is 5.91 Å². The first kappa shape index (κ1) is 28.6. The molecule has 0 aromatic heterocycles. The van der Waals surface area contributed by atoms with E-state index in [1.165, 1.54) is 23.9 Å². The van der Waals surface area contributed by atoms with Crippen molar-refractivity contribution in [3.63, 3.8) is 0 Å². The Morgan fingerprint density at radius 1 is 1.11 bits per heavy atom. The van der Waals surface area contributed by atoms with Gasteiger partial charge in [-0.1, -0.05) is 38.8 Å². The lowest BCUT2D eigenvalue weighted by molar-refractivity contribution is -0.137. The molecule has 2 amide bonds. The van der Waals surface area contributed by atoms with Crippen LogP contribution in [0.1, 0.15) is 69.9 Å². The number of hydrogen-bond donors (Lipinski definition) is 1. The molecule has 1 aliphatic carbocycles. The van der Waals surface area contributed by atoms with Crippen molar-refractivity contribution in [3.8, 4) is 0 Å². The molecule has 2 atom stereocenters. The van der Waals surface area contributed by atoms with Crippen molar-refractivity contribution in [1.82, 2.24) is 15.1 Å². The lowest BCUT2D eigenvalue weighted by Gasteiger charge is -2.43. The summed E-state index contributed by atoms with van der Waals surface area (Å²) >= 11 is 1.50. The number of halogens is 3. The number of fused-ring (bicyclic) bond motifs is 1. The Morgan fingerprint density at radius 2 is 1.78 bits per heavy atom. The highest BCUT2D eigenvalue weighted by Crippen LogP contribution is 2.42. The van der Waals surface area contributed by atoms with Crippen LogP contribution in [0.5, 0.6) is 0 Å². The van der Waals surface area contributed by atoms with Crippen LogP contribution >= 0.6 is 11.8 Å². The van der Waals surface area contributed by atoms with E-state index in [4.69, 9.17) is 0 Å². The van der Waals surface area contributed by atoms with Crippen LogP contribution in [0.15, 0.2) is 29.2 Å². The fourth-order valence-electron chi connectivity index (χ4n) is 4.99. The van der Waals surface area contributed by atoms with E-state index in [1.54, 1.807) is 11.0 Å². The minimum absolute atomic E-state index is 0.0105. The number of nitrogens with zero attached hydrogens (tertiary/aromatic N) is 2. The van der Waals surface area contributed by atoms with Gasteiger partial charge in [0, 0.05) is 17.8 Å². The fraction of sp³-hybridized carbons (Fsp3) is 0.630. The molecule has 0 spiro atoms. The minimum Gasteiger partial charge on any atom is -0.355 e. The topological polar surface area (TPSA) is 52.7 Å². The van der Waals surface area contributed by atoms with Gasteiger partial charge in [0.1, 0.15) is 6.54 Å². The van der Waals surface area contributed by atoms with Gasteiger partial charge in [0.05, 0.1) is 10.5 Å². The molecular weight excluding hydrogens is 487 g/mol. The molecule has 36 heavy (non-hydrogen) atoms. The van der Waals surface area contributed by atoms with Crippen molar-refractivity contribution in [1.29, 1.82) is 0 Å². The van der Waals surface area contributed by atoms with E-state index in [0.717, 1.165) is 76.7 Å². The van der Waals surface area contributed by atoms with Gasteiger partial charge in [-0.15, -0.1) is 11.8 Å². The zero-order valence-electron chi connectivity index (χ0n) is 21.3. The molecule has 1 saturated heterocycles. The molecule has 1 aromatic carbocycles. The highest BCUT2D eigenvalue weighted by molar-refractivity contribution is 8.04. The number of benzene rings is 1. The van der Waals surface area contributed by atoms with E-state index in [-0.39, 0.29) is 29.7 Å². The van der Waals surface area contributed by atoms with Gasteiger partial charge in [0.15, 0.2) is 0 Å². The zero-order valence-corrected chi connectivity index (χ0v) is 22.1. The van der Waals surface area contributed by atoms with E-state index in [0.29, 0.717) is 17.0 Å². The maximum absolute atomic E-state index is 13.4. The van der Waals surface area contributed by atoms with Crippen molar-refractivity contribution in [3.05, 3.63) is 40.3 Å². The van der Waals surface area contributed by atoms with Crippen molar-refractivity contribution in [2.45, 2.75) is 76.3 Å². The molecule has 3 rings (SSSR count). The van der Waals surface area contributed by atoms with Crippen LogP contribution in [0, 0.1) is 0 Å². The predicted octanol–water partition coefficient (Wildman–Crippen LogP) is 5.56. The first-order valence-corrected chi connectivity index (χ1v) is 14.0. The normalized spacial score (nSPS) is 21.7. The second-order valence-electron chi connectivity index (χ2n) is 9.61. The number of rotatable bonds is 11. The van der Waals surface area contributed by atoms with Gasteiger partial charge in [-0.25, -0.2) is 0 Å². The molecule has 1 aromatic rings. The van der Waals surface area contributed by atoms with E-state index >= 15 is 0 Å². The number of amides is 2. The fourth-order valence-corrected chi connectivity index (χ4v) is 6.46. The predicted molar refractivity (Wildman–Crippen MR) is 139 cm³/mol. The van der Waals surface area contributed by atoms with Crippen molar-refractivity contribution in [2.24, 2.45) is 0 Å². The van der Waals surface area contributed by atoms with Crippen LogP contribution in [-0.2, 0) is 15.8 Å². The van der Waals surface area contributed by atoms with E-state index in [2.05, 4.69) is 24.1 Å². The smallest absolute Gasteiger partial charge is 0.355 e. The van der Waals surface area contributed by atoms with Gasteiger partial charge < -0.3 is 15.1 Å². The number of thioether (sulfide) groups is 1. The summed E-state index contributed by atoms with van der Waals surface area (Å²) in [6, 6.07) is 4.83. The molecular formula is C27H38F3N3O2S. The third kappa shape index (κ3) is 8.00. The second-order valence-corrected chi connectivity index (χ2v) is 10.9. The summed E-state index contributed by atoms with van der Waals surface area (Å²) in [6.45, 7) is 7.96.